The molecule has 25 heavy (non-hydrogen) atoms. The molecule has 0 saturated carbocycles. The molecule has 0 saturated heterocycles. The van der Waals surface area contributed by atoms with Crippen molar-refractivity contribution in [2.45, 2.75) is 116 Å². The van der Waals surface area contributed by atoms with E-state index < -0.39 is 0 Å². The second-order valence-electron chi connectivity index (χ2n) is 7.32. The molecule has 0 atom stereocenters. The van der Waals surface area contributed by atoms with Crippen LogP contribution < -0.4 is 0 Å². The number of carbonyl (C=O) groups excluding carboxylic acids is 1. The molecule has 0 aliphatic carbocycles. The highest BCUT2D eigenvalue weighted by Crippen LogP contribution is 2.13. The van der Waals surface area contributed by atoms with Crippen molar-refractivity contribution in [2.24, 2.45) is 0 Å². The van der Waals surface area contributed by atoms with Gasteiger partial charge in [-0.1, -0.05) is 90.4 Å². The molecule has 0 aliphatic heterocycles. The molecule has 0 spiro atoms. The van der Waals surface area contributed by atoms with Crippen LogP contribution in [0.25, 0.3) is 0 Å². The van der Waals surface area contributed by atoms with Gasteiger partial charge in [0.05, 0.1) is 13.2 Å². The van der Waals surface area contributed by atoms with Crippen LogP contribution in [0.5, 0.6) is 0 Å². The van der Waals surface area contributed by atoms with E-state index in [0.717, 1.165) is 19.3 Å². The van der Waals surface area contributed by atoms with Gasteiger partial charge >= 0.3 is 0 Å². The molecule has 0 fully saturated rings. The second-order valence-corrected chi connectivity index (χ2v) is 7.32. The molecule has 0 rings (SSSR count). The monoisotopic (exact) mass is 356 g/mol. The van der Waals surface area contributed by atoms with Gasteiger partial charge in [-0.3, -0.25) is 4.79 Å². The Kier molecular flexibility index (Phi) is 21.3. The highest BCUT2D eigenvalue weighted by molar-refractivity contribution is 5.78. The lowest BCUT2D eigenvalue weighted by molar-refractivity contribution is -0.119. The summed E-state index contributed by atoms with van der Waals surface area (Å²) in [5.41, 5.74) is 0. The standard InChI is InChI=1S/C22H44O3/c1-2-3-4-5-6-7-8-9-10-11-12-13-14-15-17-22(24)18-16-20-25-21-19-23/h23H,2-21H2,1H3. The van der Waals surface area contributed by atoms with E-state index >= 15 is 0 Å². The Morgan fingerprint density at radius 2 is 1.08 bits per heavy atom. The van der Waals surface area contributed by atoms with E-state index in [2.05, 4.69) is 6.92 Å². The Hall–Kier alpha value is -0.410. The number of aliphatic hydroxyl groups excluding tert-OH is 1. The zero-order chi connectivity index (χ0) is 18.4. The fourth-order valence-electron chi connectivity index (χ4n) is 3.18. The van der Waals surface area contributed by atoms with Crippen LogP contribution in [0.4, 0.5) is 0 Å². The number of hydrogen-bond donors (Lipinski definition) is 1. The summed E-state index contributed by atoms with van der Waals surface area (Å²) in [6.45, 7) is 3.31. The van der Waals surface area contributed by atoms with E-state index in [1.54, 1.807) is 0 Å². The predicted molar refractivity (Wildman–Crippen MR) is 107 cm³/mol. The van der Waals surface area contributed by atoms with E-state index in [-0.39, 0.29) is 6.61 Å². The van der Waals surface area contributed by atoms with Crippen LogP contribution >= 0.6 is 0 Å². The number of ketones is 1. The first-order valence-corrected chi connectivity index (χ1v) is 11.0. The Balaban J connectivity index is 3.09. The van der Waals surface area contributed by atoms with E-state index in [9.17, 15) is 4.79 Å². The number of Topliss-reactive ketones (excluding diaryl/α,β-unsaturated/α-hetero) is 1. The zero-order valence-corrected chi connectivity index (χ0v) is 16.9. The maximum atomic E-state index is 11.7. The lowest BCUT2D eigenvalue weighted by Gasteiger charge is -2.04. The van der Waals surface area contributed by atoms with Crippen LogP contribution in [0.3, 0.4) is 0 Å². The summed E-state index contributed by atoms with van der Waals surface area (Å²) in [6, 6.07) is 0. The molecule has 1 N–H and O–H groups in total. The third-order valence-corrected chi connectivity index (χ3v) is 4.79. The van der Waals surface area contributed by atoms with Crippen molar-refractivity contribution in [1.82, 2.24) is 0 Å². The summed E-state index contributed by atoms with van der Waals surface area (Å²) < 4.78 is 5.16. The number of aliphatic hydroxyl groups is 1. The number of carbonyl (C=O) groups is 1. The number of rotatable bonds is 21. The van der Waals surface area contributed by atoms with Gasteiger partial charge in [0.25, 0.3) is 0 Å². The quantitative estimate of drug-likeness (QED) is 0.248. The Labute approximate surface area is 156 Å². The molecule has 0 aromatic heterocycles. The van der Waals surface area contributed by atoms with Crippen LogP contribution in [0.15, 0.2) is 0 Å². The normalized spacial score (nSPS) is 11.1. The van der Waals surface area contributed by atoms with Crippen molar-refractivity contribution in [1.29, 1.82) is 0 Å². The van der Waals surface area contributed by atoms with Gasteiger partial charge in [0.2, 0.25) is 0 Å². The van der Waals surface area contributed by atoms with E-state index in [4.69, 9.17) is 9.84 Å². The summed E-state index contributed by atoms with van der Waals surface area (Å²) in [4.78, 5) is 11.7. The predicted octanol–water partition coefficient (Wildman–Crippen LogP) is 6.22. The SMILES string of the molecule is CCCCCCCCCCCCCCCCC(=O)CCCOCCO. The molecular weight excluding hydrogens is 312 g/mol. The van der Waals surface area contributed by atoms with Crippen molar-refractivity contribution in [3.8, 4) is 0 Å². The summed E-state index contributed by atoms with van der Waals surface area (Å²) in [5.74, 6) is 0.367. The topological polar surface area (TPSA) is 46.5 Å². The Bertz CT molecular complexity index is 266. The summed E-state index contributed by atoms with van der Waals surface area (Å²) in [6.07, 6.45) is 21.1. The first-order chi connectivity index (χ1) is 12.3. The highest BCUT2D eigenvalue weighted by atomic mass is 16.5. The average molecular weight is 357 g/mol. The molecule has 0 heterocycles. The number of ether oxygens (including phenoxy) is 1. The van der Waals surface area contributed by atoms with Gasteiger partial charge in [-0.05, 0) is 12.8 Å². The van der Waals surface area contributed by atoms with Crippen LogP contribution in [0.2, 0.25) is 0 Å². The fourth-order valence-corrected chi connectivity index (χ4v) is 3.18. The molecule has 3 heteroatoms. The minimum atomic E-state index is 0.0625. The number of unbranched alkanes of at least 4 members (excludes halogenated alkanes) is 13. The molecule has 0 aliphatic rings. The van der Waals surface area contributed by atoms with Crippen LogP contribution in [0.1, 0.15) is 116 Å². The third-order valence-electron chi connectivity index (χ3n) is 4.79. The second kappa shape index (κ2) is 21.6. The first-order valence-electron chi connectivity index (χ1n) is 11.0. The summed E-state index contributed by atoms with van der Waals surface area (Å²) >= 11 is 0. The molecule has 3 nitrogen and oxygen atoms in total. The van der Waals surface area contributed by atoms with Crippen LogP contribution in [0, 0.1) is 0 Å². The molecular formula is C22H44O3. The van der Waals surface area contributed by atoms with Crippen LogP contribution in [-0.4, -0.2) is 30.7 Å². The van der Waals surface area contributed by atoms with E-state index in [1.165, 1.54) is 83.5 Å². The molecule has 0 radical (unpaired) electrons. The van der Waals surface area contributed by atoms with Gasteiger partial charge in [-0.15, -0.1) is 0 Å². The summed E-state index contributed by atoms with van der Waals surface area (Å²) in [7, 11) is 0. The summed E-state index contributed by atoms with van der Waals surface area (Å²) in [5, 5.41) is 8.58. The van der Waals surface area contributed by atoms with Gasteiger partial charge in [0.15, 0.2) is 0 Å². The maximum Gasteiger partial charge on any atom is 0.132 e. The third kappa shape index (κ3) is 21.5. The average Bonchev–Trinajstić information content (AvgIpc) is 2.62. The van der Waals surface area contributed by atoms with Crippen molar-refractivity contribution >= 4 is 5.78 Å². The molecule has 150 valence electrons. The number of hydrogen-bond acceptors (Lipinski definition) is 3. The molecule has 0 unspecified atom stereocenters. The van der Waals surface area contributed by atoms with Gasteiger partial charge < -0.3 is 9.84 Å². The van der Waals surface area contributed by atoms with Gasteiger partial charge in [0.1, 0.15) is 5.78 Å². The minimum Gasteiger partial charge on any atom is -0.394 e. The molecule has 0 aromatic carbocycles. The zero-order valence-electron chi connectivity index (χ0n) is 16.9. The maximum absolute atomic E-state index is 11.7. The fraction of sp³-hybridized carbons (Fsp3) is 0.955. The Morgan fingerprint density at radius 3 is 1.56 bits per heavy atom. The van der Waals surface area contributed by atoms with Gasteiger partial charge in [-0.2, -0.15) is 0 Å². The van der Waals surface area contributed by atoms with Crippen molar-refractivity contribution in [3.63, 3.8) is 0 Å². The molecule has 0 aromatic rings. The lowest BCUT2D eigenvalue weighted by Crippen LogP contribution is -2.04. The minimum absolute atomic E-state index is 0.0625. The Morgan fingerprint density at radius 1 is 0.640 bits per heavy atom. The van der Waals surface area contributed by atoms with Crippen molar-refractivity contribution in [3.05, 3.63) is 0 Å². The first kappa shape index (κ1) is 24.6. The highest BCUT2D eigenvalue weighted by Gasteiger charge is 2.02. The largest absolute Gasteiger partial charge is 0.394 e. The lowest BCUT2D eigenvalue weighted by atomic mass is 10.0. The van der Waals surface area contributed by atoms with E-state index in [1.807, 2.05) is 0 Å². The van der Waals surface area contributed by atoms with Crippen molar-refractivity contribution in [2.75, 3.05) is 19.8 Å². The smallest absolute Gasteiger partial charge is 0.132 e. The molecule has 0 bridgehead atoms. The van der Waals surface area contributed by atoms with Gasteiger partial charge in [-0.25, -0.2) is 0 Å². The van der Waals surface area contributed by atoms with Crippen LogP contribution in [-0.2, 0) is 9.53 Å². The van der Waals surface area contributed by atoms with Gasteiger partial charge in [0, 0.05) is 19.4 Å². The molecule has 0 amide bonds. The van der Waals surface area contributed by atoms with Crippen molar-refractivity contribution < 1.29 is 14.6 Å². The van der Waals surface area contributed by atoms with E-state index in [0.29, 0.717) is 25.4 Å².